The third-order valence-corrected chi connectivity index (χ3v) is 5.34. The van der Waals surface area contributed by atoms with Crippen LogP contribution in [0.2, 0.25) is 5.02 Å². The lowest BCUT2D eigenvalue weighted by Gasteiger charge is -2.12. The number of halogens is 2. The molecule has 0 fully saturated rings. The fourth-order valence-electron chi connectivity index (χ4n) is 1.93. The Morgan fingerprint density at radius 1 is 1.61 bits per heavy atom. The largest absolute Gasteiger partial charge is 0.323 e. The van der Waals surface area contributed by atoms with Crippen molar-refractivity contribution in [3.63, 3.8) is 0 Å². The van der Waals surface area contributed by atoms with Gasteiger partial charge in [-0.25, -0.2) is 0 Å². The van der Waals surface area contributed by atoms with Crippen molar-refractivity contribution in [1.29, 1.82) is 0 Å². The second-order valence-electron chi connectivity index (χ2n) is 4.11. The minimum absolute atomic E-state index is 0.0572. The van der Waals surface area contributed by atoms with E-state index in [2.05, 4.69) is 28.0 Å². The van der Waals surface area contributed by atoms with E-state index in [4.69, 9.17) is 17.3 Å². The highest BCUT2D eigenvalue weighted by molar-refractivity contribution is 9.10. The van der Waals surface area contributed by atoms with Crippen LogP contribution in [-0.4, -0.2) is 9.78 Å². The van der Waals surface area contributed by atoms with Crippen LogP contribution in [0.3, 0.4) is 0 Å². The quantitative estimate of drug-likeness (QED) is 0.909. The van der Waals surface area contributed by atoms with Crippen LogP contribution in [-0.2, 0) is 13.0 Å². The summed E-state index contributed by atoms with van der Waals surface area (Å²) in [6.45, 7) is 4.78. The normalized spacial score (nSPS) is 12.9. The average Bonchev–Trinajstić information content (AvgIpc) is 2.87. The van der Waals surface area contributed by atoms with Crippen LogP contribution in [0.15, 0.2) is 15.9 Å². The molecular weight excluding hydrogens is 334 g/mol. The zero-order valence-electron chi connectivity index (χ0n) is 10.3. The number of hydrogen-bond acceptors (Lipinski definition) is 3. The summed E-state index contributed by atoms with van der Waals surface area (Å²) in [5, 5.41) is 7.17. The van der Waals surface area contributed by atoms with E-state index in [9.17, 15) is 0 Å². The number of aryl methyl sites for hydroxylation is 2. The van der Waals surface area contributed by atoms with E-state index in [1.807, 2.05) is 23.1 Å². The minimum atomic E-state index is -0.0572. The Kier molecular flexibility index (Phi) is 4.48. The summed E-state index contributed by atoms with van der Waals surface area (Å²) in [6, 6.07) is 1.96. The fraction of sp³-hybridized carbons (Fsp3) is 0.417. The molecule has 0 aromatic carbocycles. The molecule has 2 rings (SSSR count). The van der Waals surface area contributed by atoms with Crippen molar-refractivity contribution in [1.82, 2.24) is 9.78 Å². The van der Waals surface area contributed by atoms with E-state index in [1.165, 1.54) is 0 Å². The fourth-order valence-corrected chi connectivity index (χ4v) is 3.82. The Morgan fingerprint density at radius 2 is 2.33 bits per heavy atom. The predicted octanol–water partition coefficient (Wildman–Crippen LogP) is 3.93. The second kappa shape index (κ2) is 5.74. The number of nitrogens with zero attached hydrogens (tertiary/aromatic N) is 2. The van der Waals surface area contributed by atoms with Crippen molar-refractivity contribution < 1.29 is 0 Å². The molecular formula is C12H15BrClN3S. The van der Waals surface area contributed by atoms with Crippen molar-refractivity contribution in [3.8, 4) is 0 Å². The van der Waals surface area contributed by atoms with E-state index >= 15 is 0 Å². The summed E-state index contributed by atoms with van der Waals surface area (Å²) in [7, 11) is 0. The molecule has 1 unspecified atom stereocenters. The molecule has 2 N–H and O–H groups in total. The van der Waals surface area contributed by atoms with Crippen LogP contribution in [0.1, 0.15) is 29.2 Å². The van der Waals surface area contributed by atoms with Crippen molar-refractivity contribution in [2.24, 2.45) is 5.73 Å². The molecule has 0 aliphatic heterocycles. The van der Waals surface area contributed by atoms with Gasteiger partial charge in [0.1, 0.15) is 0 Å². The molecule has 3 nitrogen and oxygen atoms in total. The van der Waals surface area contributed by atoms with Gasteiger partial charge in [0.15, 0.2) is 0 Å². The number of nitrogens with two attached hydrogens (primary N) is 1. The molecule has 6 heteroatoms. The van der Waals surface area contributed by atoms with Crippen LogP contribution in [0, 0.1) is 6.92 Å². The Bertz CT molecular complexity index is 550. The SMILES string of the molecule is CCn1nc(C)c(Cl)c1CC(N)c1sccc1Br. The maximum atomic E-state index is 6.29. The van der Waals surface area contributed by atoms with E-state index in [-0.39, 0.29) is 6.04 Å². The Morgan fingerprint density at radius 3 is 2.89 bits per heavy atom. The van der Waals surface area contributed by atoms with E-state index in [0.29, 0.717) is 6.42 Å². The second-order valence-corrected chi connectivity index (χ2v) is 6.29. The molecule has 1 atom stereocenters. The summed E-state index contributed by atoms with van der Waals surface area (Å²) in [5.41, 5.74) is 8.14. The number of rotatable bonds is 4. The third-order valence-electron chi connectivity index (χ3n) is 2.85. The molecule has 98 valence electrons. The molecule has 0 saturated heterocycles. The first-order valence-electron chi connectivity index (χ1n) is 5.74. The summed E-state index contributed by atoms with van der Waals surface area (Å²) in [5.74, 6) is 0. The topological polar surface area (TPSA) is 43.8 Å². The van der Waals surface area contributed by atoms with Crippen LogP contribution in [0.4, 0.5) is 0 Å². The van der Waals surface area contributed by atoms with Crippen LogP contribution < -0.4 is 5.73 Å². The van der Waals surface area contributed by atoms with Gasteiger partial charge in [0.25, 0.3) is 0 Å². The predicted molar refractivity (Wildman–Crippen MR) is 80.3 cm³/mol. The van der Waals surface area contributed by atoms with Crippen molar-refractivity contribution >= 4 is 38.9 Å². The minimum Gasteiger partial charge on any atom is -0.323 e. The molecule has 0 saturated carbocycles. The molecule has 2 aromatic rings. The molecule has 0 aliphatic rings. The lowest BCUT2D eigenvalue weighted by Crippen LogP contribution is -2.15. The standard InChI is InChI=1S/C12H15BrClN3S/c1-3-17-10(11(14)7(2)16-17)6-9(15)12-8(13)4-5-18-12/h4-5,9H,3,6,15H2,1-2H3. The molecule has 0 amide bonds. The van der Waals surface area contributed by atoms with E-state index in [1.54, 1.807) is 11.3 Å². The third kappa shape index (κ3) is 2.64. The number of thiophene rings is 1. The van der Waals surface area contributed by atoms with Crippen LogP contribution in [0.25, 0.3) is 0 Å². The first-order chi connectivity index (χ1) is 8.54. The lowest BCUT2D eigenvalue weighted by atomic mass is 10.1. The highest BCUT2D eigenvalue weighted by atomic mass is 79.9. The molecule has 0 radical (unpaired) electrons. The van der Waals surface area contributed by atoms with Gasteiger partial charge in [-0.2, -0.15) is 5.10 Å². The highest BCUT2D eigenvalue weighted by Crippen LogP contribution is 2.31. The smallest absolute Gasteiger partial charge is 0.0847 e. The van der Waals surface area contributed by atoms with Gasteiger partial charge in [-0.15, -0.1) is 11.3 Å². The van der Waals surface area contributed by atoms with Gasteiger partial charge in [-0.05, 0) is 41.2 Å². The molecule has 2 aromatic heterocycles. The first kappa shape index (κ1) is 14.1. The average molecular weight is 349 g/mol. The molecule has 0 bridgehead atoms. The Hall–Kier alpha value is -0.360. The zero-order valence-corrected chi connectivity index (χ0v) is 13.4. The van der Waals surface area contributed by atoms with Crippen LogP contribution in [0.5, 0.6) is 0 Å². The maximum Gasteiger partial charge on any atom is 0.0847 e. The Balaban J connectivity index is 2.27. The van der Waals surface area contributed by atoms with Gasteiger partial charge in [0.05, 0.1) is 16.4 Å². The van der Waals surface area contributed by atoms with Crippen LogP contribution >= 0.6 is 38.9 Å². The molecule has 0 aliphatic carbocycles. The first-order valence-corrected chi connectivity index (χ1v) is 7.79. The summed E-state index contributed by atoms with van der Waals surface area (Å²) >= 11 is 11.5. The van der Waals surface area contributed by atoms with E-state index < -0.39 is 0 Å². The van der Waals surface area contributed by atoms with Gasteiger partial charge in [-0.1, -0.05) is 11.6 Å². The van der Waals surface area contributed by atoms with E-state index in [0.717, 1.165) is 32.3 Å². The van der Waals surface area contributed by atoms with Gasteiger partial charge in [0.2, 0.25) is 0 Å². The van der Waals surface area contributed by atoms with Crippen molar-refractivity contribution in [2.45, 2.75) is 32.9 Å². The molecule has 0 spiro atoms. The van der Waals surface area contributed by atoms with Gasteiger partial charge >= 0.3 is 0 Å². The highest BCUT2D eigenvalue weighted by Gasteiger charge is 2.18. The van der Waals surface area contributed by atoms with Crippen molar-refractivity contribution in [3.05, 3.63) is 37.2 Å². The molecule has 2 heterocycles. The monoisotopic (exact) mass is 347 g/mol. The Labute approximate surface area is 124 Å². The van der Waals surface area contributed by atoms with Gasteiger partial charge < -0.3 is 5.73 Å². The zero-order chi connectivity index (χ0) is 13.3. The number of hydrogen-bond donors (Lipinski definition) is 1. The molecule has 18 heavy (non-hydrogen) atoms. The van der Waals surface area contributed by atoms with Gasteiger partial charge in [-0.3, -0.25) is 4.68 Å². The summed E-state index contributed by atoms with van der Waals surface area (Å²) in [4.78, 5) is 1.15. The number of aromatic nitrogens is 2. The lowest BCUT2D eigenvalue weighted by molar-refractivity contribution is 0.589. The van der Waals surface area contributed by atoms with Crippen molar-refractivity contribution in [2.75, 3.05) is 0 Å². The summed E-state index contributed by atoms with van der Waals surface area (Å²) < 4.78 is 2.99. The maximum absolute atomic E-state index is 6.29. The van der Waals surface area contributed by atoms with Gasteiger partial charge in [0, 0.05) is 28.4 Å². The summed E-state index contributed by atoms with van der Waals surface area (Å²) in [6.07, 6.45) is 0.701.